The van der Waals surface area contributed by atoms with E-state index in [1.54, 1.807) is 0 Å². The molecule has 0 saturated heterocycles. The molecule has 10 aromatic rings. The summed E-state index contributed by atoms with van der Waals surface area (Å²) in [6, 6.07) is 84.1. The maximum atomic E-state index is 2.55. The minimum Gasteiger partial charge on any atom is -0.309 e. The highest BCUT2D eigenvalue weighted by Gasteiger charge is 2.37. The SMILES string of the molecule is CC(C)(c1ccccc1)c1ccc(N(c2ccc3c(c2)-c2ccccc2C3(C)C)c2ccc3ccccc3c2-c2ccc(-c3ccc4c(c3)C(C)(C)c3ccccc3-4)cc2)c(-c2ccccc2)c1. The summed E-state index contributed by atoms with van der Waals surface area (Å²) >= 11 is 0. The molecule has 0 aliphatic heterocycles. The van der Waals surface area contributed by atoms with E-state index >= 15 is 0 Å². The van der Waals surface area contributed by atoms with Crippen LogP contribution in [0.4, 0.5) is 17.1 Å². The van der Waals surface area contributed by atoms with E-state index in [9.17, 15) is 0 Å². The van der Waals surface area contributed by atoms with Crippen molar-refractivity contribution in [1.82, 2.24) is 0 Å². The summed E-state index contributed by atoms with van der Waals surface area (Å²) in [6.07, 6.45) is 0. The molecule has 0 spiro atoms. The van der Waals surface area contributed by atoms with Gasteiger partial charge in [-0.15, -0.1) is 0 Å². The first-order valence-corrected chi connectivity index (χ1v) is 24.2. The molecule has 0 aromatic heterocycles. The van der Waals surface area contributed by atoms with E-state index in [0.717, 1.165) is 17.1 Å². The smallest absolute Gasteiger partial charge is 0.0546 e. The first-order valence-electron chi connectivity index (χ1n) is 24.2. The van der Waals surface area contributed by atoms with Gasteiger partial charge in [-0.2, -0.15) is 0 Å². The van der Waals surface area contributed by atoms with Crippen molar-refractivity contribution < 1.29 is 0 Å². The highest BCUT2D eigenvalue weighted by molar-refractivity contribution is 6.07. The zero-order valence-electron chi connectivity index (χ0n) is 39.8. The minimum absolute atomic E-state index is 0.0628. The number of rotatable bonds is 8. The highest BCUT2D eigenvalue weighted by atomic mass is 15.1. The molecule has 0 bridgehead atoms. The molecule has 10 aromatic carbocycles. The molecule has 2 aliphatic rings. The van der Waals surface area contributed by atoms with Crippen LogP contribution in [0, 0.1) is 0 Å². The standard InChI is InChI=1S/C67H55N/c1-65(2,49-22-11-8-12-23-49)50-35-40-62(56(42-50)45-19-9-7-10-20-45)68(51-36-38-60-57(43-51)54-26-16-18-28-59(54)66(60,3)4)63-39-34-46-21-13-14-24-52(46)64(63)47-31-29-44(30-32-47)48-33-37-55-53-25-15-17-27-58(53)67(5,6)61(55)41-48/h7-43H,1-6H3. The topological polar surface area (TPSA) is 3.24 Å². The molecular formula is C67H55N. The van der Waals surface area contributed by atoms with E-state index in [-0.39, 0.29) is 16.2 Å². The third-order valence-electron chi connectivity index (χ3n) is 15.6. The molecule has 0 heterocycles. The van der Waals surface area contributed by atoms with Crippen molar-refractivity contribution >= 4 is 27.8 Å². The number of hydrogen-bond acceptors (Lipinski definition) is 1. The van der Waals surface area contributed by atoms with Crippen LogP contribution in [0.5, 0.6) is 0 Å². The predicted octanol–water partition coefficient (Wildman–Crippen LogP) is 18.2. The Morgan fingerprint density at radius 2 is 0.897 bits per heavy atom. The van der Waals surface area contributed by atoms with Crippen LogP contribution in [-0.4, -0.2) is 0 Å². The van der Waals surface area contributed by atoms with Gasteiger partial charge in [0.25, 0.3) is 0 Å². The van der Waals surface area contributed by atoms with Gasteiger partial charge in [-0.3, -0.25) is 0 Å². The fourth-order valence-corrected chi connectivity index (χ4v) is 11.7. The summed E-state index contributed by atoms with van der Waals surface area (Å²) in [5, 5.41) is 2.43. The van der Waals surface area contributed by atoms with Crippen molar-refractivity contribution in [1.29, 1.82) is 0 Å². The lowest BCUT2D eigenvalue weighted by Gasteiger charge is -2.33. The second-order valence-corrected chi connectivity index (χ2v) is 20.5. The van der Waals surface area contributed by atoms with Crippen molar-refractivity contribution in [2.24, 2.45) is 0 Å². The van der Waals surface area contributed by atoms with Gasteiger partial charge in [-0.05, 0) is 125 Å². The minimum atomic E-state index is -0.231. The van der Waals surface area contributed by atoms with Crippen molar-refractivity contribution in [3.05, 3.63) is 258 Å². The molecular weight excluding hydrogens is 819 g/mol. The van der Waals surface area contributed by atoms with Crippen LogP contribution in [0.3, 0.4) is 0 Å². The molecule has 1 heteroatoms. The average molecular weight is 874 g/mol. The summed E-state index contributed by atoms with van der Waals surface area (Å²) in [5.41, 5.74) is 23.6. The van der Waals surface area contributed by atoms with Gasteiger partial charge in [0.1, 0.15) is 0 Å². The Hall–Kier alpha value is -7.74. The van der Waals surface area contributed by atoms with Crippen LogP contribution in [0.15, 0.2) is 224 Å². The number of benzene rings is 10. The van der Waals surface area contributed by atoms with Crippen LogP contribution in [0.25, 0.3) is 66.4 Å². The molecule has 0 fully saturated rings. The van der Waals surface area contributed by atoms with E-state index in [2.05, 4.69) is 271 Å². The van der Waals surface area contributed by atoms with Gasteiger partial charge in [0.05, 0.1) is 11.4 Å². The Labute approximate surface area is 402 Å². The van der Waals surface area contributed by atoms with E-state index in [4.69, 9.17) is 0 Å². The molecule has 12 rings (SSSR count). The Morgan fingerprint density at radius 3 is 1.63 bits per heavy atom. The van der Waals surface area contributed by atoms with Gasteiger partial charge in [-0.1, -0.05) is 230 Å². The first-order chi connectivity index (χ1) is 33.0. The predicted molar refractivity (Wildman–Crippen MR) is 289 cm³/mol. The van der Waals surface area contributed by atoms with E-state index in [1.165, 1.54) is 99.8 Å². The second-order valence-electron chi connectivity index (χ2n) is 20.5. The van der Waals surface area contributed by atoms with Gasteiger partial charge in [0.2, 0.25) is 0 Å². The Bertz CT molecular complexity index is 3570. The average Bonchev–Trinajstić information content (AvgIpc) is 3.75. The number of hydrogen-bond donors (Lipinski definition) is 0. The fraction of sp³-hybridized carbons (Fsp3) is 0.134. The van der Waals surface area contributed by atoms with Gasteiger partial charge in [0.15, 0.2) is 0 Å². The molecule has 68 heavy (non-hydrogen) atoms. The van der Waals surface area contributed by atoms with Crippen molar-refractivity contribution in [3.63, 3.8) is 0 Å². The number of anilines is 3. The molecule has 328 valence electrons. The van der Waals surface area contributed by atoms with Crippen molar-refractivity contribution in [2.75, 3.05) is 4.90 Å². The summed E-state index contributed by atoms with van der Waals surface area (Å²) in [7, 11) is 0. The highest BCUT2D eigenvalue weighted by Crippen LogP contribution is 2.54. The Morgan fingerprint density at radius 1 is 0.338 bits per heavy atom. The maximum Gasteiger partial charge on any atom is 0.0546 e. The molecule has 0 saturated carbocycles. The molecule has 0 atom stereocenters. The summed E-state index contributed by atoms with van der Waals surface area (Å²) in [5.74, 6) is 0. The molecule has 0 unspecified atom stereocenters. The summed E-state index contributed by atoms with van der Waals surface area (Å²) in [4.78, 5) is 2.55. The molecule has 0 amide bonds. The van der Waals surface area contributed by atoms with Crippen LogP contribution in [-0.2, 0) is 16.2 Å². The maximum absolute atomic E-state index is 2.55. The molecule has 0 radical (unpaired) electrons. The van der Waals surface area contributed by atoms with Crippen LogP contribution < -0.4 is 4.90 Å². The first kappa shape index (κ1) is 41.7. The monoisotopic (exact) mass is 873 g/mol. The van der Waals surface area contributed by atoms with E-state index in [0.29, 0.717) is 0 Å². The van der Waals surface area contributed by atoms with E-state index in [1.807, 2.05) is 0 Å². The fourth-order valence-electron chi connectivity index (χ4n) is 11.7. The van der Waals surface area contributed by atoms with Gasteiger partial charge < -0.3 is 4.90 Å². The van der Waals surface area contributed by atoms with E-state index < -0.39 is 0 Å². The van der Waals surface area contributed by atoms with Crippen molar-refractivity contribution in [3.8, 4) is 55.6 Å². The number of fused-ring (bicyclic) bond motifs is 7. The molecule has 0 N–H and O–H groups in total. The largest absolute Gasteiger partial charge is 0.309 e. The summed E-state index contributed by atoms with van der Waals surface area (Å²) < 4.78 is 0. The molecule has 1 nitrogen and oxygen atoms in total. The molecule has 2 aliphatic carbocycles. The summed E-state index contributed by atoms with van der Waals surface area (Å²) in [6.45, 7) is 14.1. The van der Waals surface area contributed by atoms with Gasteiger partial charge in [-0.25, -0.2) is 0 Å². The quantitative estimate of drug-likeness (QED) is 0.147. The third-order valence-corrected chi connectivity index (χ3v) is 15.6. The lowest BCUT2D eigenvalue weighted by molar-refractivity contribution is 0.641. The Balaban J connectivity index is 1.08. The lowest BCUT2D eigenvalue weighted by Crippen LogP contribution is -2.20. The van der Waals surface area contributed by atoms with Crippen molar-refractivity contribution in [2.45, 2.75) is 57.8 Å². The van der Waals surface area contributed by atoms with Gasteiger partial charge >= 0.3 is 0 Å². The third kappa shape index (κ3) is 6.51. The Kier molecular flexibility index (Phi) is 9.61. The lowest BCUT2D eigenvalue weighted by atomic mass is 9.77. The zero-order chi connectivity index (χ0) is 46.4. The second kappa shape index (κ2) is 15.7. The zero-order valence-corrected chi connectivity index (χ0v) is 39.8. The van der Waals surface area contributed by atoms with Crippen LogP contribution in [0.2, 0.25) is 0 Å². The van der Waals surface area contributed by atoms with Crippen LogP contribution >= 0.6 is 0 Å². The number of nitrogens with zero attached hydrogens (tertiary/aromatic N) is 1. The van der Waals surface area contributed by atoms with Gasteiger partial charge in [0, 0.05) is 33.1 Å². The van der Waals surface area contributed by atoms with Crippen LogP contribution in [0.1, 0.15) is 74.9 Å². The normalized spacial score (nSPS) is 14.0.